The van der Waals surface area contributed by atoms with Crippen LogP contribution in [0, 0.1) is 0 Å². The lowest BCUT2D eigenvalue weighted by molar-refractivity contribution is -0.130. The van der Waals surface area contributed by atoms with Crippen LogP contribution >= 0.6 is 0 Å². The van der Waals surface area contributed by atoms with E-state index < -0.39 is 17.4 Å². The molecule has 0 aliphatic carbocycles. The van der Waals surface area contributed by atoms with Crippen molar-refractivity contribution in [1.29, 1.82) is 0 Å². The molecule has 3 aromatic rings. The highest BCUT2D eigenvalue weighted by atomic mass is 16.6. The molecular formula is C38H46O10. The normalized spacial score (nSPS) is 10.8. The molecule has 0 atom stereocenters. The Morgan fingerprint density at radius 3 is 1.25 bits per heavy atom. The summed E-state index contributed by atoms with van der Waals surface area (Å²) in [7, 11) is 0. The highest BCUT2D eigenvalue weighted by molar-refractivity contribution is 5.86. The first-order valence-electron chi connectivity index (χ1n) is 16.1. The summed E-state index contributed by atoms with van der Waals surface area (Å²) in [4.78, 5) is 25.1. The Hall–Kier alpha value is -5.12. The van der Waals surface area contributed by atoms with Gasteiger partial charge in [-0.15, -0.1) is 0 Å². The average molecular weight is 663 g/mol. The Kier molecular flexibility index (Phi) is 13.8. The van der Waals surface area contributed by atoms with Gasteiger partial charge in [-0.3, -0.25) is 0 Å². The van der Waals surface area contributed by atoms with Crippen LogP contribution in [0.1, 0.15) is 65.2 Å². The summed E-state index contributed by atoms with van der Waals surface area (Å²) in [5.74, 6) is 0.254. The maximum atomic E-state index is 12.6. The monoisotopic (exact) mass is 662 g/mol. The second-order valence-electron chi connectivity index (χ2n) is 10.2. The second-order valence-corrected chi connectivity index (χ2v) is 10.2. The van der Waals surface area contributed by atoms with Gasteiger partial charge in [0.25, 0.3) is 0 Å². The van der Waals surface area contributed by atoms with Gasteiger partial charge in [0.15, 0.2) is 23.0 Å². The van der Waals surface area contributed by atoms with Crippen molar-refractivity contribution < 1.29 is 47.5 Å². The third-order valence-corrected chi connectivity index (χ3v) is 7.23. The predicted molar refractivity (Wildman–Crippen MR) is 184 cm³/mol. The molecule has 0 aliphatic heterocycles. The first kappa shape index (κ1) is 37.3. The molecule has 0 aliphatic rings. The van der Waals surface area contributed by atoms with Crippen LogP contribution in [-0.2, 0) is 15.0 Å². The quantitative estimate of drug-likeness (QED) is 0.0551. The number of rotatable bonds is 19. The molecule has 10 nitrogen and oxygen atoms in total. The van der Waals surface area contributed by atoms with Crippen LogP contribution < -0.4 is 37.9 Å². The minimum atomic E-state index is -1.12. The summed E-state index contributed by atoms with van der Waals surface area (Å²) >= 11 is 0. The Morgan fingerprint density at radius 2 is 0.917 bits per heavy atom. The van der Waals surface area contributed by atoms with Crippen LogP contribution in [0.15, 0.2) is 67.8 Å². The van der Waals surface area contributed by atoms with E-state index in [-0.39, 0.29) is 74.1 Å². The number of esters is 2. The van der Waals surface area contributed by atoms with E-state index in [0.29, 0.717) is 22.6 Å². The fourth-order valence-electron chi connectivity index (χ4n) is 5.30. The minimum Gasteiger partial charge on any atom is -0.490 e. The molecule has 0 spiro atoms. The van der Waals surface area contributed by atoms with E-state index in [1.807, 2.05) is 78.8 Å². The second kappa shape index (κ2) is 17.7. The molecule has 0 saturated heterocycles. The van der Waals surface area contributed by atoms with E-state index in [4.69, 9.17) is 37.9 Å². The lowest BCUT2D eigenvalue weighted by Crippen LogP contribution is -2.28. The molecule has 3 rings (SSSR count). The van der Waals surface area contributed by atoms with Gasteiger partial charge in [0.2, 0.25) is 23.0 Å². The summed E-state index contributed by atoms with van der Waals surface area (Å²) in [5, 5.41) is 0. The highest BCUT2D eigenvalue weighted by Crippen LogP contribution is 2.58. The molecule has 3 aromatic carbocycles. The van der Waals surface area contributed by atoms with Gasteiger partial charge in [0.1, 0.15) is 0 Å². The lowest BCUT2D eigenvalue weighted by Gasteiger charge is -2.36. The van der Waals surface area contributed by atoms with Gasteiger partial charge in [0.05, 0.1) is 45.1 Å². The summed E-state index contributed by atoms with van der Waals surface area (Å²) < 4.78 is 48.7. The maximum Gasteiger partial charge on any atom is 0.335 e. The summed E-state index contributed by atoms with van der Waals surface area (Å²) in [6.45, 7) is 21.6. The minimum absolute atomic E-state index is 0.0629. The zero-order valence-electron chi connectivity index (χ0n) is 28.9. The van der Waals surface area contributed by atoms with Crippen LogP contribution in [0.4, 0.5) is 0 Å². The van der Waals surface area contributed by atoms with Crippen molar-refractivity contribution in [1.82, 2.24) is 0 Å². The number of hydrogen-bond acceptors (Lipinski definition) is 10. The van der Waals surface area contributed by atoms with Crippen LogP contribution in [0.2, 0.25) is 0 Å². The molecular weight excluding hydrogens is 616 g/mol. The van der Waals surface area contributed by atoms with Gasteiger partial charge in [-0.05, 0) is 66.2 Å². The Balaban J connectivity index is 2.68. The van der Waals surface area contributed by atoms with Crippen molar-refractivity contribution in [3.8, 4) is 46.0 Å². The molecule has 0 amide bonds. The average Bonchev–Trinajstić information content (AvgIpc) is 3.09. The highest BCUT2D eigenvalue weighted by Gasteiger charge is 2.43. The van der Waals surface area contributed by atoms with Gasteiger partial charge in [0, 0.05) is 23.3 Å². The van der Waals surface area contributed by atoms with Crippen molar-refractivity contribution in [2.45, 2.75) is 53.9 Å². The molecule has 258 valence electrons. The molecule has 0 saturated carbocycles. The first-order chi connectivity index (χ1) is 23.2. The van der Waals surface area contributed by atoms with Crippen LogP contribution in [0.3, 0.4) is 0 Å². The molecule has 0 N–H and O–H groups in total. The topological polar surface area (TPSA) is 108 Å². The standard InChI is InChI=1S/C38H46O10/c1-10-30(39)47-34-28(41-12-3)23-26(32(43-14-5)36(34)45-16-7)38(9,25-21-19-18-20-22-25)27-24-29(42-13-4)35(48-31(40)11-2)37(46-17-8)33(27)44-15-6/h10-11,18-24H,1-2,12-17H2,3-9H3. The number of carbonyl (C=O) groups is 2. The molecule has 0 heterocycles. The Morgan fingerprint density at radius 1 is 0.562 bits per heavy atom. The molecule has 48 heavy (non-hydrogen) atoms. The zero-order valence-corrected chi connectivity index (χ0v) is 28.9. The number of benzene rings is 3. The number of hydrogen-bond donors (Lipinski definition) is 0. The summed E-state index contributed by atoms with van der Waals surface area (Å²) in [6.07, 6.45) is 2.13. The molecule has 10 heteroatoms. The SMILES string of the molecule is C=CC(=O)Oc1c(OCC)cc(C(C)(c2ccccc2)c2cc(OCC)c(OC(=O)C=C)c(OCC)c2OCC)c(OCC)c1OCC. The van der Waals surface area contributed by atoms with Gasteiger partial charge in [-0.25, -0.2) is 9.59 Å². The van der Waals surface area contributed by atoms with Gasteiger partial charge in [-0.2, -0.15) is 0 Å². The molecule has 0 bridgehead atoms. The summed E-state index contributed by atoms with van der Waals surface area (Å²) in [5.41, 5.74) is 0.909. The van der Waals surface area contributed by atoms with Crippen molar-refractivity contribution >= 4 is 11.9 Å². The maximum absolute atomic E-state index is 12.6. The first-order valence-corrected chi connectivity index (χ1v) is 16.1. The van der Waals surface area contributed by atoms with E-state index in [1.165, 1.54) is 0 Å². The van der Waals surface area contributed by atoms with E-state index in [0.717, 1.165) is 17.7 Å². The smallest absolute Gasteiger partial charge is 0.335 e. The van der Waals surface area contributed by atoms with E-state index in [9.17, 15) is 9.59 Å². The fourth-order valence-corrected chi connectivity index (χ4v) is 5.30. The molecule has 0 radical (unpaired) electrons. The number of carbonyl (C=O) groups excluding carboxylic acids is 2. The van der Waals surface area contributed by atoms with Gasteiger partial charge in [-0.1, -0.05) is 43.5 Å². The lowest BCUT2D eigenvalue weighted by atomic mass is 9.69. The van der Waals surface area contributed by atoms with Crippen molar-refractivity contribution in [2.75, 3.05) is 39.6 Å². The van der Waals surface area contributed by atoms with Crippen LogP contribution in [-0.4, -0.2) is 51.6 Å². The molecule has 0 unspecified atom stereocenters. The van der Waals surface area contributed by atoms with Crippen molar-refractivity contribution in [3.63, 3.8) is 0 Å². The van der Waals surface area contributed by atoms with E-state index in [1.54, 1.807) is 12.1 Å². The third-order valence-electron chi connectivity index (χ3n) is 7.23. The van der Waals surface area contributed by atoms with Gasteiger partial charge >= 0.3 is 11.9 Å². The van der Waals surface area contributed by atoms with Crippen molar-refractivity contribution in [3.05, 3.63) is 84.5 Å². The zero-order chi connectivity index (χ0) is 35.3. The predicted octanol–water partition coefficient (Wildman–Crippen LogP) is 7.62. The van der Waals surface area contributed by atoms with Crippen molar-refractivity contribution in [2.24, 2.45) is 0 Å². The largest absolute Gasteiger partial charge is 0.490 e. The Labute approximate surface area is 283 Å². The van der Waals surface area contributed by atoms with E-state index in [2.05, 4.69) is 13.2 Å². The number of ether oxygens (including phenoxy) is 8. The van der Waals surface area contributed by atoms with E-state index >= 15 is 0 Å². The van der Waals surface area contributed by atoms with Crippen LogP contribution in [0.25, 0.3) is 0 Å². The molecule has 0 aromatic heterocycles. The fraction of sp³-hybridized carbons (Fsp3) is 0.368. The van der Waals surface area contributed by atoms with Crippen LogP contribution in [0.5, 0.6) is 46.0 Å². The Bertz CT molecular complexity index is 1480. The van der Waals surface area contributed by atoms with Gasteiger partial charge < -0.3 is 37.9 Å². The summed E-state index contributed by atoms with van der Waals surface area (Å²) in [6, 6.07) is 13.3. The molecule has 0 fully saturated rings. The third kappa shape index (κ3) is 7.87.